The van der Waals surface area contributed by atoms with Gasteiger partial charge in [-0.1, -0.05) is 55.5 Å². The van der Waals surface area contributed by atoms with E-state index in [1.165, 1.54) is 5.56 Å². The summed E-state index contributed by atoms with van der Waals surface area (Å²) >= 11 is 0. The summed E-state index contributed by atoms with van der Waals surface area (Å²) in [6.45, 7) is 9.93. The number of rotatable bonds is 7. The van der Waals surface area contributed by atoms with Gasteiger partial charge in [-0.15, -0.1) is 0 Å². The number of carbonyl (C=O) groups is 1. The molecule has 0 aliphatic carbocycles. The van der Waals surface area contributed by atoms with Gasteiger partial charge in [0.05, 0.1) is 12.2 Å². The van der Waals surface area contributed by atoms with Crippen molar-refractivity contribution in [3.8, 4) is 0 Å². The minimum absolute atomic E-state index is 0.0779. The molecule has 0 bridgehead atoms. The molecule has 146 valence electrons. The van der Waals surface area contributed by atoms with Crippen LogP contribution in [0.5, 0.6) is 0 Å². The lowest BCUT2D eigenvalue weighted by atomic mass is 10.1. The zero-order valence-corrected chi connectivity index (χ0v) is 17.2. The van der Waals surface area contributed by atoms with Gasteiger partial charge >= 0.3 is 6.03 Å². The first-order chi connectivity index (χ1) is 12.8. The molecule has 0 spiro atoms. The number of ether oxygens (including phenoxy) is 1. The summed E-state index contributed by atoms with van der Waals surface area (Å²) in [5.74, 6) is 0. The maximum absolute atomic E-state index is 12.4. The lowest BCUT2D eigenvalue weighted by Gasteiger charge is -2.20. The van der Waals surface area contributed by atoms with Crippen LogP contribution >= 0.6 is 0 Å². The molecule has 0 fully saturated rings. The minimum atomic E-state index is -0.164. The Kier molecular flexibility index (Phi) is 7.43. The Morgan fingerprint density at radius 3 is 2.26 bits per heavy atom. The van der Waals surface area contributed by atoms with E-state index in [0.29, 0.717) is 19.7 Å². The first-order valence-electron chi connectivity index (χ1n) is 9.55. The summed E-state index contributed by atoms with van der Waals surface area (Å²) in [6.07, 6.45) is 1.02. The Morgan fingerprint density at radius 2 is 1.63 bits per heavy atom. The number of carbonyl (C=O) groups excluding carboxylic acids is 1. The number of hydrogen-bond donors (Lipinski definition) is 1. The van der Waals surface area contributed by atoms with Crippen LogP contribution in [0.3, 0.4) is 0 Å². The van der Waals surface area contributed by atoms with Crippen molar-refractivity contribution in [1.29, 1.82) is 0 Å². The molecule has 0 saturated carbocycles. The van der Waals surface area contributed by atoms with E-state index in [1.54, 1.807) is 4.90 Å². The number of nitrogens with one attached hydrogen (secondary N) is 1. The van der Waals surface area contributed by atoms with Gasteiger partial charge < -0.3 is 15.0 Å². The van der Waals surface area contributed by atoms with E-state index < -0.39 is 0 Å². The van der Waals surface area contributed by atoms with E-state index in [4.69, 9.17) is 4.74 Å². The maximum atomic E-state index is 12.4. The second-order valence-electron chi connectivity index (χ2n) is 7.91. The minimum Gasteiger partial charge on any atom is -0.371 e. The van der Waals surface area contributed by atoms with Crippen molar-refractivity contribution in [1.82, 2.24) is 10.2 Å². The molecule has 0 aliphatic rings. The number of aryl methyl sites for hydroxylation is 1. The Labute approximate surface area is 163 Å². The van der Waals surface area contributed by atoms with Gasteiger partial charge in [0.2, 0.25) is 0 Å². The SMILES string of the molecule is CCc1ccc(CN(C)C(=O)NCc2cccc(COC(C)(C)C)c2)cc1. The standard InChI is InChI=1S/C23H32N2O2/c1-6-18-10-12-19(13-11-18)16-25(5)22(26)24-15-20-8-7-9-21(14-20)17-27-23(2,3)4/h7-14H,6,15-17H2,1-5H3,(H,24,26). The fraction of sp³-hybridized carbons (Fsp3) is 0.435. The highest BCUT2D eigenvalue weighted by atomic mass is 16.5. The average Bonchev–Trinajstić information content (AvgIpc) is 2.65. The van der Waals surface area contributed by atoms with Crippen molar-refractivity contribution < 1.29 is 9.53 Å². The molecular formula is C23H32N2O2. The topological polar surface area (TPSA) is 41.6 Å². The van der Waals surface area contributed by atoms with E-state index in [2.05, 4.69) is 42.6 Å². The van der Waals surface area contributed by atoms with Gasteiger partial charge in [0, 0.05) is 20.1 Å². The van der Waals surface area contributed by atoms with Crippen LogP contribution in [0, 0.1) is 0 Å². The molecule has 0 radical (unpaired) electrons. The predicted octanol–water partition coefficient (Wildman–Crippen LogP) is 4.91. The monoisotopic (exact) mass is 368 g/mol. The fourth-order valence-electron chi connectivity index (χ4n) is 2.67. The Bertz CT molecular complexity index is 733. The van der Waals surface area contributed by atoms with Crippen LogP contribution in [-0.2, 0) is 30.9 Å². The van der Waals surface area contributed by atoms with Crippen molar-refractivity contribution >= 4 is 6.03 Å². The average molecular weight is 369 g/mol. The van der Waals surface area contributed by atoms with Gasteiger partial charge in [0.15, 0.2) is 0 Å². The first-order valence-corrected chi connectivity index (χ1v) is 9.55. The van der Waals surface area contributed by atoms with Crippen LogP contribution in [0.15, 0.2) is 48.5 Å². The summed E-state index contributed by atoms with van der Waals surface area (Å²) in [7, 11) is 1.82. The molecule has 27 heavy (non-hydrogen) atoms. The molecule has 0 atom stereocenters. The van der Waals surface area contributed by atoms with Crippen LogP contribution in [0.25, 0.3) is 0 Å². The van der Waals surface area contributed by atoms with Crippen molar-refractivity contribution in [2.75, 3.05) is 7.05 Å². The lowest BCUT2D eigenvalue weighted by molar-refractivity contribution is -0.0149. The number of amides is 2. The molecule has 2 aromatic rings. The molecule has 2 amide bonds. The number of urea groups is 1. The molecule has 0 aromatic heterocycles. The summed E-state index contributed by atoms with van der Waals surface area (Å²) in [5, 5.41) is 2.99. The molecule has 1 N–H and O–H groups in total. The Balaban J connectivity index is 1.85. The van der Waals surface area contributed by atoms with Crippen LogP contribution in [0.1, 0.15) is 49.9 Å². The number of nitrogens with zero attached hydrogens (tertiary/aromatic N) is 1. The molecule has 2 rings (SSSR count). The third-order valence-corrected chi connectivity index (χ3v) is 4.30. The number of hydrogen-bond acceptors (Lipinski definition) is 2. The molecule has 2 aromatic carbocycles. The maximum Gasteiger partial charge on any atom is 0.317 e. The van der Waals surface area contributed by atoms with Crippen molar-refractivity contribution in [3.63, 3.8) is 0 Å². The molecule has 0 unspecified atom stereocenters. The predicted molar refractivity (Wildman–Crippen MR) is 111 cm³/mol. The lowest BCUT2D eigenvalue weighted by Crippen LogP contribution is -2.36. The fourth-order valence-corrected chi connectivity index (χ4v) is 2.67. The summed E-state index contributed by atoms with van der Waals surface area (Å²) < 4.78 is 5.82. The van der Waals surface area contributed by atoms with Gasteiger partial charge in [-0.05, 0) is 49.4 Å². The third kappa shape index (κ3) is 7.43. The van der Waals surface area contributed by atoms with Crippen molar-refractivity contribution in [2.24, 2.45) is 0 Å². The molecule has 0 aliphatic heterocycles. The van der Waals surface area contributed by atoms with Crippen LogP contribution in [-0.4, -0.2) is 23.6 Å². The van der Waals surface area contributed by atoms with Gasteiger partial charge in [0.1, 0.15) is 0 Å². The van der Waals surface area contributed by atoms with Gasteiger partial charge in [-0.3, -0.25) is 0 Å². The zero-order chi connectivity index (χ0) is 19.9. The van der Waals surface area contributed by atoms with E-state index in [1.807, 2.05) is 46.0 Å². The number of benzene rings is 2. The first kappa shape index (κ1) is 21.0. The van der Waals surface area contributed by atoms with Crippen LogP contribution in [0.4, 0.5) is 4.79 Å². The van der Waals surface area contributed by atoms with E-state index in [0.717, 1.165) is 23.1 Å². The molecule has 0 saturated heterocycles. The molecule has 4 heteroatoms. The Morgan fingerprint density at radius 1 is 1.00 bits per heavy atom. The quantitative estimate of drug-likeness (QED) is 0.755. The van der Waals surface area contributed by atoms with Crippen molar-refractivity contribution in [2.45, 2.75) is 59.4 Å². The molecule has 4 nitrogen and oxygen atoms in total. The molecule has 0 heterocycles. The van der Waals surface area contributed by atoms with Gasteiger partial charge in [0.25, 0.3) is 0 Å². The van der Waals surface area contributed by atoms with Gasteiger partial charge in [-0.2, -0.15) is 0 Å². The smallest absolute Gasteiger partial charge is 0.317 e. The highest BCUT2D eigenvalue weighted by Gasteiger charge is 2.11. The Hall–Kier alpha value is -2.33. The largest absolute Gasteiger partial charge is 0.371 e. The van der Waals surface area contributed by atoms with E-state index in [9.17, 15) is 4.79 Å². The molecular weight excluding hydrogens is 336 g/mol. The van der Waals surface area contributed by atoms with Crippen LogP contribution in [0.2, 0.25) is 0 Å². The zero-order valence-electron chi connectivity index (χ0n) is 17.2. The van der Waals surface area contributed by atoms with Gasteiger partial charge in [-0.25, -0.2) is 4.79 Å². The summed E-state index contributed by atoms with van der Waals surface area (Å²) in [5.41, 5.74) is 4.45. The third-order valence-electron chi connectivity index (χ3n) is 4.30. The van der Waals surface area contributed by atoms with Crippen LogP contribution < -0.4 is 5.32 Å². The summed E-state index contributed by atoms with van der Waals surface area (Å²) in [6, 6.07) is 16.5. The van der Waals surface area contributed by atoms with E-state index >= 15 is 0 Å². The van der Waals surface area contributed by atoms with Crippen molar-refractivity contribution in [3.05, 3.63) is 70.8 Å². The normalized spacial score (nSPS) is 11.3. The summed E-state index contributed by atoms with van der Waals surface area (Å²) in [4.78, 5) is 14.1. The second kappa shape index (κ2) is 9.56. The highest BCUT2D eigenvalue weighted by molar-refractivity contribution is 5.73. The second-order valence-corrected chi connectivity index (χ2v) is 7.91. The van der Waals surface area contributed by atoms with E-state index in [-0.39, 0.29) is 11.6 Å². The highest BCUT2D eigenvalue weighted by Crippen LogP contribution is 2.13.